The number of hydrogen-bond acceptors (Lipinski definition) is 5. The van der Waals surface area contributed by atoms with Crippen LogP contribution in [0.15, 0.2) is 71.9 Å². The Labute approximate surface area is 170 Å². The van der Waals surface area contributed by atoms with Crippen LogP contribution in [-0.2, 0) is 16.4 Å². The van der Waals surface area contributed by atoms with E-state index in [4.69, 9.17) is 4.98 Å². The molecule has 7 heteroatoms. The fourth-order valence-electron chi connectivity index (χ4n) is 3.05. The van der Waals surface area contributed by atoms with Crippen molar-refractivity contribution in [3.05, 3.63) is 72.6 Å². The molecule has 0 aliphatic carbocycles. The first kappa shape index (κ1) is 19.1. The zero-order valence-electron chi connectivity index (χ0n) is 16.3. The van der Waals surface area contributed by atoms with Crippen LogP contribution >= 0.6 is 0 Å². The Kier molecular flexibility index (Phi) is 5.07. The van der Waals surface area contributed by atoms with Crippen molar-refractivity contribution in [2.45, 2.75) is 30.5 Å². The molecule has 0 radical (unpaired) electrons. The molecule has 0 bridgehead atoms. The molecule has 2 N–H and O–H groups in total. The molecule has 0 unspecified atom stereocenters. The molecule has 0 aliphatic rings. The number of H-pyrrole nitrogens is 1. The van der Waals surface area contributed by atoms with Crippen molar-refractivity contribution in [1.29, 1.82) is 0 Å². The molecule has 0 amide bonds. The highest BCUT2D eigenvalue weighted by Gasteiger charge is 2.19. The number of nitrogens with one attached hydrogen (secondary N) is 2. The molecule has 0 atom stereocenters. The summed E-state index contributed by atoms with van der Waals surface area (Å²) >= 11 is 0. The van der Waals surface area contributed by atoms with Gasteiger partial charge in [0.1, 0.15) is 5.52 Å². The van der Waals surface area contributed by atoms with Crippen LogP contribution in [0.2, 0.25) is 0 Å². The van der Waals surface area contributed by atoms with E-state index >= 15 is 0 Å². The molecule has 2 aromatic carbocycles. The Bertz CT molecular complexity index is 1230. The van der Waals surface area contributed by atoms with Crippen molar-refractivity contribution in [2.75, 3.05) is 5.32 Å². The Hall–Kier alpha value is -3.19. The van der Waals surface area contributed by atoms with Crippen molar-refractivity contribution in [3.8, 4) is 11.3 Å². The second-order valence-electron chi connectivity index (χ2n) is 7.11. The number of hydrogen-bond donors (Lipinski definition) is 2. The summed E-state index contributed by atoms with van der Waals surface area (Å²) in [6, 6.07) is 16.9. The standard InChI is InChI=1S/C22H22N4O2S/c1-15(2)29(27,28)18-10-8-17(9-11-18)19-13-24-22-21(26-19)20(14-25-22)23-12-16-6-4-3-5-7-16/h3-11,13-15,23H,12H2,1-2H3,(H,24,25). The minimum atomic E-state index is -3.29. The van der Waals surface area contributed by atoms with Crippen LogP contribution in [0.4, 0.5) is 5.69 Å². The van der Waals surface area contributed by atoms with Gasteiger partial charge >= 0.3 is 0 Å². The average Bonchev–Trinajstić information content (AvgIpc) is 3.15. The van der Waals surface area contributed by atoms with E-state index in [1.165, 1.54) is 5.56 Å². The highest BCUT2D eigenvalue weighted by Crippen LogP contribution is 2.26. The van der Waals surface area contributed by atoms with Crippen LogP contribution < -0.4 is 5.32 Å². The zero-order valence-corrected chi connectivity index (χ0v) is 17.1. The summed E-state index contributed by atoms with van der Waals surface area (Å²) in [7, 11) is -3.29. The zero-order chi connectivity index (χ0) is 20.4. The van der Waals surface area contributed by atoms with Gasteiger partial charge in [0, 0.05) is 18.3 Å². The summed E-state index contributed by atoms with van der Waals surface area (Å²) in [5.41, 5.74) is 5.00. The molecule has 0 fully saturated rings. The highest BCUT2D eigenvalue weighted by molar-refractivity contribution is 7.92. The van der Waals surface area contributed by atoms with Gasteiger partial charge in [0.25, 0.3) is 0 Å². The molecule has 29 heavy (non-hydrogen) atoms. The molecule has 6 nitrogen and oxygen atoms in total. The Morgan fingerprint density at radius 3 is 2.45 bits per heavy atom. The summed E-state index contributed by atoms with van der Waals surface area (Å²) in [4.78, 5) is 12.6. The van der Waals surface area contributed by atoms with Gasteiger partial charge in [0.05, 0.1) is 27.7 Å². The SMILES string of the molecule is CC(C)S(=O)(=O)c1ccc(-c2cnc3[nH]cc(NCc4ccccc4)c3n2)cc1. The number of aromatic nitrogens is 3. The lowest BCUT2D eigenvalue weighted by molar-refractivity contribution is 0.587. The predicted octanol–water partition coefficient (Wildman–Crippen LogP) is 4.42. The predicted molar refractivity (Wildman–Crippen MR) is 115 cm³/mol. The number of nitrogens with zero attached hydrogens (tertiary/aromatic N) is 2. The number of anilines is 1. The van der Waals surface area contributed by atoms with Crippen LogP contribution in [0.3, 0.4) is 0 Å². The lowest BCUT2D eigenvalue weighted by Gasteiger charge is -2.09. The quantitative estimate of drug-likeness (QED) is 0.495. The van der Waals surface area contributed by atoms with E-state index in [1.807, 2.05) is 24.4 Å². The number of rotatable bonds is 6. The average molecular weight is 407 g/mol. The van der Waals surface area contributed by atoms with Gasteiger partial charge in [-0.05, 0) is 31.5 Å². The van der Waals surface area contributed by atoms with Gasteiger partial charge < -0.3 is 10.3 Å². The molecule has 2 aromatic heterocycles. The minimum Gasteiger partial charge on any atom is -0.378 e. The Morgan fingerprint density at radius 2 is 1.76 bits per heavy atom. The summed E-state index contributed by atoms with van der Waals surface area (Å²) < 4.78 is 24.6. The third-order valence-electron chi connectivity index (χ3n) is 4.81. The monoisotopic (exact) mass is 406 g/mol. The van der Waals surface area contributed by atoms with E-state index in [0.29, 0.717) is 22.8 Å². The number of sulfone groups is 1. The summed E-state index contributed by atoms with van der Waals surface area (Å²) in [5.74, 6) is 0. The second-order valence-corrected chi connectivity index (χ2v) is 9.62. The lowest BCUT2D eigenvalue weighted by atomic mass is 10.1. The second kappa shape index (κ2) is 7.67. The van der Waals surface area contributed by atoms with Gasteiger partial charge in [-0.25, -0.2) is 18.4 Å². The van der Waals surface area contributed by atoms with E-state index in [0.717, 1.165) is 16.8 Å². The van der Waals surface area contributed by atoms with E-state index < -0.39 is 15.1 Å². The molecule has 4 aromatic rings. The van der Waals surface area contributed by atoms with Gasteiger partial charge in [-0.1, -0.05) is 42.5 Å². The van der Waals surface area contributed by atoms with E-state index in [1.54, 1.807) is 44.3 Å². The smallest absolute Gasteiger partial charge is 0.180 e. The maximum Gasteiger partial charge on any atom is 0.180 e. The molecular weight excluding hydrogens is 384 g/mol. The lowest BCUT2D eigenvalue weighted by Crippen LogP contribution is -2.13. The molecule has 148 valence electrons. The van der Waals surface area contributed by atoms with E-state index in [2.05, 4.69) is 27.4 Å². The molecule has 2 heterocycles. The topological polar surface area (TPSA) is 87.7 Å². The molecule has 0 saturated carbocycles. The maximum atomic E-state index is 12.3. The van der Waals surface area contributed by atoms with Crippen molar-refractivity contribution in [2.24, 2.45) is 0 Å². The minimum absolute atomic E-state index is 0.317. The van der Waals surface area contributed by atoms with Crippen LogP contribution in [0, 0.1) is 0 Å². The molecule has 0 spiro atoms. The molecule has 0 saturated heterocycles. The first-order valence-corrected chi connectivity index (χ1v) is 11.0. The summed E-state index contributed by atoms with van der Waals surface area (Å²) in [5, 5.41) is 2.94. The fourth-order valence-corrected chi connectivity index (χ4v) is 4.11. The normalized spacial score (nSPS) is 11.8. The maximum absolute atomic E-state index is 12.3. The largest absolute Gasteiger partial charge is 0.378 e. The third kappa shape index (κ3) is 3.86. The van der Waals surface area contributed by atoms with E-state index in [9.17, 15) is 8.42 Å². The number of fused-ring (bicyclic) bond motifs is 1. The number of aromatic amines is 1. The van der Waals surface area contributed by atoms with Crippen molar-refractivity contribution < 1.29 is 8.42 Å². The van der Waals surface area contributed by atoms with E-state index in [-0.39, 0.29) is 0 Å². The summed E-state index contributed by atoms with van der Waals surface area (Å²) in [6.45, 7) is 4.04. The van der Waals surface area contributed by atoms with Crippen LogP contribution in [0.25, 0.3) is 22.4 Å². The van der Waals surface area contributed by atoms with Crippen molar-refractivity contribution in [1.82, 2.24) is 15.0 Å². The van der Waals surface area contributed by atoms with Gasteiger partial charge in [-0.2, -0.15) is 0 Å². The fraction of sp³-hybridized carbons (Fsp3) is 0.182. The first-order valence-electron chi connectivity index (χ1n) is 9.41. The van der Waals surface area contributed by atoms with Gasteiger partial charge in [-0.3, -0.25) is 0 Å². The highest BCUT2D eigenvalue weighted by atomic mass is 32.2. The van der Waals surface area contributed by atoms with Crippen LogP contribution in [0.1, 0.15) is 19.4 Å². The molecule has 4 rings (SSSR count). The summed E-state index contributed by atoms with van der Waals surface area (Å²) in [6.07, 6.45) is 3.54. The van der Waals surface area contributed by atoms with Crippen LogP contribution in [-0.4, -0.2) is 28.6 Å². The van der Waals surface area contributed by atoms with Crippen molar-refractivity contribution >= 4 is 26.7 Å². The van der Waals surface area contributed by atoms with Gasteiger partial charge in [-0.15, -0.1) is 0 Å². The Balaban J connectivity index is 1.62. The van der Waals surface area contributed by atoms with Gasteiger partial charge in [0.15, 0.2) is 15.5 Å². The number of benzene rings is 2. The van der Waals surface area contributed by atoms with Crippen molar-refractivity contribution in [3.63, 3.8) is 0 Å². The molecule has 0 aliphatic heterocycles. The first-order chi connectivity index (χ1) is 13.9. The molecular formula is C22H22N4O2S. The van der Waals surface area contributed by atoms with Gasteiger partial charge in [0.2, 0.25) is 0 Å². The Morgan fingerprint density at radius 1 is 1.03 bits per heavy atom. The van der Waals surface area contributed by atoms with Crippen LogP contribution in [0.5, 0.6) is 0 Å². The third-order valence-corrected chi connectivity index (χ3v) is 6.98.